The van der Waals surface area contributed by atoms with Gasteiger partial charge in [0, 0.05) is 18.5 Å². The molecule has 1 N–H and O–H groups in total. The van der Waals surface area contributed by atoms with Crippen molar-refractivity contribution in [2.75, 3.05) is 13.2 Å². The number of benzene rings is 3. The van der Waals surface area contributed by atoms with Gasteiger partial charge in [-0.1, -0.05) is 72.8 Å². The van der Waals surface area contributed by atoms with Gasteiger partial charge in [0.2, 0.25) is 0 Å². The minimum absolute atomic E-state index is 0.362. The SMILES string of the molecule is CC(C)(C)OC(=O)NCc1ccc(-c2ccccc2)c(OCCCOCc2ccccc2)c1. The molecule has 0 heterocycles. The molecule has 0 aliphatic heterocycles. The summed E-state index contributed by atoms with van der Waals surface area (Å²) in [5.41, 5.74) is 3.67. The Morgan fingerprint density at radius 3 is 2.24 bits per heavy atom. The minimum Gasteiger partial charge on any atom is -0.493 e. The van der Waals surface area contributed by atoms with Crippen LogP contribution in [0.3, 0.4) is 0 Å². The Morgan fingerprint density at radius 1 is 0.848 bits per heavy atom. The summed E-state index contributed by atoms with van der Waals surface area (Å²) in [6.07, 6.45) is 0.342. The molecule has 0 saturated carbocycles. The molecule has 0 bridgehead atoms. The van der Waals surface area contributed by atoms with Crippen LogP contribution in [0.25, 0.3) is 11.1 Å². The van der Waals surface area contributed by atoms with Crippen LogP contribution < -0.4 is 10.1 Å². The lowest BCUT2D eigenvalue weighted by Crippen LogP contribution is -2.32. The summed E-state index contributed by atoms with van der Waals surface area (Å²) < 4.78 is 17.2. The first-order valence-corrected chi connectivity index (χ1v) is 11.3. The van der Waals surface area contributed by atoms with Crippen LogP contribution in [0.4, 0.5) is 4.79 Å². The van der Waals surface area contributed by atoms with Crippen molar-refractivity contribution in [2.45, 2.75) is 45.9 Å². The van der Waals surface area contributed by atoms with E-state index in [9.17, 15) is 4.79 Å². The van der Waals surface area contributed by atoms with Crippen LogP contribution in [-0.4, -0.2) is 24.9 Å². The van der Waals surface area contributed by atoms with E-state index in [1.54, 1.807) is 0 Å². The van der Waals surface area contributed by atoms with Crippen molar-refractivity contribution in [3.63, 3.8) is 0 Å². The average Bonchev–Trinajstić information content (AvgIpc) is 2.80. The second-order valence-electron chi connectivity index (χ2n) is 8.79. The molecular formula is C28H33NO4. The molecule has 0 fully saturated rings. The quantitative estimate of drug-likeness (QED) is 0.367. The number of carbonyl (C=O) groups is 1. The number of ether oxygens (including phenoxy) is 3. The first kappa shape index (κ1) is 24.3. The van der Waals surface area contributed by atoms with E-state index in [1.165, 1.54) is 0 Å². The molecule has 5 heteroatoms. The Kier molecular flexibility index (Phi) is 8.90. The predicted octanol–water partition coefficient (Wildman–Crippen LogP) is 6.36. The highest BCUT2D eigenvalue weighted by molar-refractivity contribution is 5.71. The smallest absolute Gasteiger partial charge is 0.407 e. The molecule has 0 radical (unpaired) electrons. The summed E-state index contributed by atoms with van der Waals surface area (Å²) in [4.78, 5) is 12.0. The van der Waals surface area contributed by atoms with Crippen molar-refractivity contribution in [1.82, 2.24) is 5.32 Å². The third-order valence-electron chi connectivity index (χ3n) is 4.77. The summed E-state index contributed by atoms with van der Waals surface area (Å²) in [6.45, 7) is 7.65. The highest BCUT2D eigenvalue weighted by Crippen LogP contribution is 2.31. The third-order valence-corrected chi connectivity index (χ3v) is 4.77. The summed E-state index contributed by atoms with van der Waals surface area (Å²) in [5, 5.41) is 2.80. The van der Waals surface area contributed by atoms with Crippen molar-refractivity contribution >= 4 is 6.09 Å². The van der Waals surface area contributed by atoms with Gasteiger partial charge in [-0.15, -0.1) is 0 Å². The first-order valence-electron chi connectivity index (χ1n) is 11.3. The lowest BCUT2D eigenvalue weighted by molar-refractivity contribution is 0.0523. The molecule has 0 aliphatic rings. The summed E-state index contributed by atoms with van der Waals surface area (Å²) >= 11 is 0. The van der Waals surface area contributed by atoms with Crippen LogP contribution >= 0.6 is 0 Å². The number of alkyl carbamates (subject to hydrolysis) is 1. The van der Waals surface area contributed by atoms with Gasteiger partial charge in [-0.2, -0.15) is 0 Å². The van der Waals surface area contributed by atoms with Gasteiger partial charge in [-0.25, -0.2) is 4.79 Å². The van der Waals surface area contributed by atoms with Gasteiger partial charge < -0.3 is 19.5 Å². The largest absolute Gasteiger partial charge is 0.493 e. The van der Waals surface area contributed by atoms with Gasteiger partial charge in [-0.3, -0.25) is 0 Å². The predicted molar refractivity (Wildman–Crippen MR) is 131 cm³/mol. The fourth-order valence-corrected chi connectivity index (χ4v) is 3.25. The van der Waals surface area contributed by atoms with Gasteiger partial charge in [0.25, 0.3) is 0 Å². The number of carbonyl (C=O) groups excluding carboxylic acids is 1. The van der Waals surface area contributed by atoms with Crippen LogP contribution in [0.15, 0.2) is 78.9 Å². The normalized spacial score (nSPS) is 11.1. The van der Waals surface area contributed by atoms with E-state index in [0.717, 1.165) is 34.4 Å². The zero-order chi connectivity index (χ0) is 23.5. The van der Waals surface area contributed by atoms with Crippen LogP contribution in [0.2, 0.25) is 0 Å². The zero-order valence-electron chi connectivity index (χ0n) is 19.7. The van der Waals surface area contributed by atoms with E-state index in [2.05, 4.69) is 29.6 Å². The Morgan fingerprint density at radius 2 is 1.55 bits per heavy atom. The number of rotatable bonds is 10. The standard InChI is InChI=1S/C28H33NO4/c1-28(2,3)33-27(30)29-20-23-15-16-25(24-13-8-5-9-14-24)26(19-23)32-18-10-17-31-21-22-11-6-4-7-12-22/h4-9,11-16,19H,10,17-18,20-21H2,1-3H3,(H,29,30). The third kappa shape index (κ3) is 8.62. The van der Waals surface area contributed by atoms with Crippen molar-refractivity contribution in [3.8, 4) is 16.9 Å². The molecule has 5 nitrogen and oxygen atoms in total. The molecule has 3 aromatic rings. The van der Waals surface area contributed by atoms with Gasteiger partial charge >= 0.3 is 6.09 Å². The molecule has 0 aromatic heterocycles. The summed E-state index contributed by atoms with van der Waals surface area (Å²) in [7, 11) is 0. The van der Waals surface area contributed by atoms with E-state index < -0.39 is 11.7 Å². The van der Waals surface area contributed by atoms with E-state index in [1.807, 2.05) is 75.4 Å². The maximum Gasteiger partial charge on any atom is 0.407 e. The van der Waals surface area contributed by atoms with Gasteiger partial charge in [0.15, 0.2) is 0 Å². The molecule has 0 saturated heterocycles. The fourth-order valence-electron chi connectivity index (χ4n) is 3.25. The molecule has 0 aliphatic carbocycles. The van der Waals surface area contributed by atoms with E-state index in [-0.39, 0.29) is 0 Å². The highest BCUT2D eigenvalue weighted by atomic mass is 16.6. The zero-order valence-corrected chi connectivity index (χ0v) is 19.7. The molecular weight excluding hydrogens is 414 g/mol. The summed E-state index contributed by atoms with van der Waals surface area (Å²) in [5.74, 6) is 0.785. The van der Waals surface area contributed by atoms with Crippen LogP contribution in [-0.2, 0) is 22.6 Å². The van der Waals surface area contributed by atoms with Crippen LogP contribution in [0.1, 0.15) is 38.3 Å². The molecule has 0 atom stereocenters. The maximum absolute atomic E-state index is 12.0. The van der Waals surface area contributed by atoms with Gasteiger partial charge in [0.05, 0.1) is 19.8 Å². The fraction of sp³-hybridized carbons (Fsp3) is 0.321. The first-order chi connectivity index (χ1) is 15.9. The Hall–Kier alpha value is -3.31. The van der Waals surface area contributed by atoms with Crippen molar-refractivity contribution < 1.29 is 19.0 Å². The number of nitrogens with one attached hydrogen (secondary N) is 1. The molecule has 3 rings (SSSR count). The molecule has 0 unspecified atom stereocenters. The molecule has 174 valence electrons. The minimum atomic E-state index is -0.530. The second kappa shape index (κ2) is 12.1. The maximum atomic E-state index is 12.0. The molecule has 1 amide bonds. The van der Waals surface area contributed by atoms with E-state index in [0.29, 0.717) is 26.4 Å². The number of amides is 1. The lowest BCUT2D eigenvalue weighted by Gasteiger charge is -2.20. The van der Waals surface area contributed by atoms with Crippen molar-refractivity contribution in [2.24, 2.45) is 0 Å². The average molecular weight is 448 g/mol. The Bertz CT molecular complexity index is 997. The molecule has 33 heavy (non-hydrogen) atoms. The monoisotopic (exact) mass is 447 g/mol. The van der Waals surface area contributed by atoms with Gasteiger partial charge in [0.1, 0.15) is 11.4 Å². The van der Waals surface area contributed by atoms with E-state index >= 15 is 0 Å². The molecule has 3 aromatic carbocycles. The van der Waals surface area contributed by atoms with Crippen LogP contribution in [0, 0.1) is 0 Å². The second-order valence-corrected chi connectivity index (χ2v) is 8.79. The van der Waals surface area contributed by atoms with Crippen LogP contribution in [0.5, 0.6) is 5.75 Å². The highest BCUT2D eigenvalue weighted by Gasteiger charge is 2.16. The Balaban J connectivity index is 1.58. The van der Waals surface area contributed by atoms with Crippen molar-refractivity contribution in [3.05, 3.63) is 90.0 Å². The van der Waals surface area contributed by atoms with Crippen molar-refractivity contribution in [1.29, 1.82) is 0 Å². The lowest BCUT2D eigenvalue weighted by atomic mass is 10.0. The van der Waals surface area contributed by atoms with Gasteiger partial charge in [-0.05, 0) is 43.5 Å². The number of hydrogen-bond acceptors (Lipinski definition) is 4. The molecule has 0 spiro atoms. The topological polar surface area (TPSA) is 56.8 Å². The number of hydrogen-bond donors (Lipinski definition) is 1. The summed E-state index contributed by atoms with van der Waals surface area (Å²) in [6, 6.07) is 26.3. The van der Waals surface area contributed by atoms with E-state index in [4.69, 9.17) is 14.2 Å². The Labute approximate surface area is 196 Å².